The van der Waals surface area contributed by atoms with Crippen molar-refractivity contribution in [3.8, 4) is 11.5 Å². The van der Waals surface area contributed by atoms with Crippen molar-refractivity contribution in [1.82, 2.24) is 25.1 Å². The van der Waals surface area contributed by atoms with Crippen molar-refractivity contribution in [3.63, 3.8) is 0 Å². The van der Waals surface area contributed by atoms with Crippen LogP contribution >= 0.6 is 0 Å². The molecule has 2 unspecified atom stereocenters. The van der Waals surface area contributed by atoms with Gasteiger partial charge in [-0.25, -0.2) is 30.3 Å². The second-order valence-electron chi connectivity index (χ2n) is 9.88. The minimum absolute atomic E-state index is 0.0235. The minimum atomic E-state index is -0.618. The van der Waals surface area contributed by atoms with Crippen LogP contribution in [0.4, 0.5) is 14.6 Å². The molecule has 3 aromatic rings. The Balaban J connectivity index is 1.43. The Kier molecular flexibility index (Phi) is 5.54. The number of aromatic amines is 1. The van der Waals surface area contributed by atoms with E-state index in [1.165, 1.54) is 6.07 Å². The third kappa shape index (κ3) is 3.75. The maximum atomic E-state index is 15.8. The van der Waals surface area contributed by atoms with E-state index in [4.69, 9.17) is 11.3 Å². The zero-order chi connectivity index (χ0) is 25.0. The second kappa shape index (κ2) is 8.76. The van der Waals surface area contributed by atoms with Gasteiger partial charge in [-0.2, -0.15) is 5.10 Å². The van der Waals surface area contributed by atoms with Gasteiger partial charge >= 0.3 is 5.97 Å². The molecule has 4 fully saturated rings. The molecule has 4 aliphatic rings. The lowest BCUT2D eigenvalue weighted by Crippen LogP contribution is -2.52. The lowest BCUT2D eigenvalue weighted by molar-refractivity contribution is -0.154. The number of H-pyrrole nitrogens is 1. The summed E-state index contributed by atoms with van der Waals surface area (Å²) in [4.78, 5) is 29.4. The van der Waals surface area contributed by atoms with Gasteiger partial charge in [-0.15, -0.1) is 0 Å². The SMILES string of the molecule is [C-]#[N+]C1CC1c1nc(-c2[nH]nc3ncc(F)cc23)nc(N[C@H]2C3CCC(CC3)[C@@H]2C(=O)OCC)c1F. The Morgan fingerprint density at radius 3 is 2.75 bits per heavy atom. The Labute approximate surface area is 205 Å². The zero-order valence-electron chi connectivity index (χ0n) is 19.7. The van der Waals surface area contributed by atoms with E-state index in [2.05, 4.69) is 35.3 Å². The highest BCUT2D eigenvalue weighted by atomic mass is 19.1. The van der Waals surface area contributed by atoms with Crippen molar-refractivity contribution in [1.29, 1.82) is 0 Å². The lowest BCUT2D eigenvalue weighted by Gasteiger charge is -2.47. The fraction of sp³-hybridized carbons (Fsp3) is 0.520. The maximum Gasteiger partial charge on any atom is 0.311 e. The summed E-state index contributed by atoms with van der Waals surface area (Å²) in [5, 5.41) is 10.5. The summed E-state index contributed by atoms with van der Waals surface area (Å²) in [5.74, 6) is -1.69. The largest absolute Gasteiger partial charge is 0.466 e. The molecule has 0 radical (unpaired) electrons. The highest BCUT2D eigenvalue weighted by Crippen LogP contribution is 2.48. The molecule has 4 saturated carbocycles. The molecule has 186 valence electrons. The molecule has 3 heterocycles. The van der Waals surface area contributed by atoms with E-state index in [0.717, 1.165) is 31.9 Å². The summed E-state index contributed by atoms with van der Waals surface area (Å²) in [6.45, 7) is 9.41. The van der Waals surface area contributed by atoms with Gasteiger partial charge in [-0.1, -0.05) is 0 Å². The molecule has 0 aromatic carbocycles. The number of pyridine rings is 1. The Morgan fingerprint density at radius 1 is 1.25 bits per heavy atom. The molecule has 2 N–H and O–H groups in total. The molecule has 2 bridgehead atoms. The molecule has 0 aliphatic heterocycles. The Morgan fingerprint density at radius 2 is 2.03 bits per heavy atom. The molecule has 11 heteroatoms. The summed E-state index contributed by atoms with van der Waals surface area (Å²) in [6.07, 6.45) is 5.36. The minimum Gasteiger partial charge on any atom is -0.466 e. The number of anilines is 1. The third-order valence-corrected chi connectivity index (χ3v) is 7.83. The third-order valence-electron chi connectivity index (χ3n) is 7.83. The van der Waals surface area contributed by atoms with Crippen LogP contribution in [0.1, 0.15) is 50.6 Å². The van der Waals surface area contributed by atoms with Crippen LogP contribution in [-0.2, 0) is 9.53 Å². The number of aromatic nitrogens is 5. The van der Waals surface area contributed by atoms with Gasteiger partial charge in [0, 0.05) is 12.5 Å². The van der Waals surface area contributed by atoms with Gasteiger partial charge in [0.25, 0.3) is 0 Å². The van der Waals surface area contributed by atoms with Gasteiger partial charge in [0.15, 0.2) is 23.1 Å². The van der Waals surface area contributed by atoms with Gasteiger partial charge in [0.05, 0.1) is 35.7 Å². The molecule has 0 saturated heterocycles. The lowest BCUT2D eigenvalue weighted by atomic mass is 9.61. The molecule has 9 nitrogen and oxygen atoms in total. The van der Waals surface area contributed by atoms with Crippen molar-refractivity contribution in [3.05, 3.63) is 41.0 Å². The highest BCUT2D eigenvalue weighted by molar-refractivity contribution is 5.88. The van der Waals surface area contributed by atoms with E-state index < -0.39 is 11.6 Å². The van der Waals surface area contributed by atoms with Crippen molar-refractivity contribution >= 4 is 22.8 Å². The average Bonchev–Trinajstić information content (AvgIpc) is 3.56. The molecule has 0 amide bonds. The monoisotopic (exact) mass is 493 g/mol. The smallest absolute Gasteiger partial charge is 0.311 e. The van der Waals surface area contributed by atoms with Crippen LogP contribution < -0.4 is 5.32 Å². The van der Waals surface area contributed by atoms with Crippen molar-refractivity contribution in [2.45, 2.75) is 57.0 Å². The van der Waals surface area contributed by atoms with Crippen LogP contribution in [0, 0.1) is 36.0 Å². The molecular weight excluding hydrogens is 468 g/mol. The Hall–Kier alpha value is -3.68. The number of ether oxygens (including phenoxy) is 1. The molecule has 3 aromatic heterocycles. The number of carbonyl (C=O) groups excluding carboxylic acids is 1. The summed E-state index contributed by atoms with van der Waals surface area (Å²) in [6, 6.07) is 0.609. The van der Waals surface area contributed by atoms with E-state index >= 15 is 4.39 Å². The van der Waals surface area contributed by atoms with Crippen LogP contribution in [-0.4, -0.2) is 49.8 Å². The number of rotatable bonds is 6. The predicted octanol–water partition coefficient (Wildman–Crippen LogP) is 4.25. The molecular formula is C25H25F2N7O2. The standard InChI is InChI=1S/C25H25F2N7O2/c1-3-36-25(35)17-11-4-6-12(7-5-11)19(17)30-23-18(27)20(14-9-16(14)28-2)31-24(32-23)21-15-8-13(26)10-29-22(15)34-33-21/h8,10-12,14,16-17,19H,3-7,9H2,1H3,(H,29,33,34)(H,30,31,32)/t11?,12?,14?,16?,17-,19-/m0/s1. The number of esters is 1. The summed E-state index contributed by atoms with van der Waals surface area (Å²) < 4.78 is 35.2. The number of nitrogens with zero attached hydrogens (tertiary/aromatic N) is 5. The summed E-state index contributed by atoms with van der Waals surface area (Å²) >= 11 is 0. The van der Waals surface area contributed by atoms with E-state index in [0.29, 0.717) is 17.5 Å². The molecule has 4 aliphatic carbocycles. The normalized spacial score (nSPS) is 28.6. The molecule has 7 rings (SSSR count). The fourth-order valence-corrected chi connectivity index (χ4v) is 5.97. The van der Waals surface area contributed by atoms with E-state index in [1.54, 1.807) is 6.92 Å². The first-order valence-corrected chi connectivity index (χ1v) is 12.4. The number of fused-ring (bicyclic) bond motifs is 4. The number of carbonyl (C=O) groups is 1. The van der Waals surface area contributed by atoms with Crippen LogP contribution in [0.15, 0.2) is 12.3 Å². The first-order chi connectivity index (χ1) is 17.5. The van der Waals surface area contributed by atoms with Crippen molar-refractivity contribution in [2.24, 2.45) is 17.8 Å². The molecule has 4 atom stereocenters. The summed E-state index contributed by atoms with van der Waals surface area (Å²) in [7, 11) is 0. The van der Waals surface area contributed by atoms with Gasteiger partial charge < -0.3 is 14.9 Å². The zero-order valence-corrected chi connectivity index (χ0v) is 19.7. The van der Waals surface area contributed by atoms with Crippen LogP contribution in [0.3, 0.4) is 0 Å². The topological polar surface area (TPSA) is 110 Å². The Bertz CT molecular complexity index is 1380. The highest BCUT2D eigenvalue weighted by Gasteiger charge is 2.50. The predicted molar refractivity (Wildman–Crippen MR) is 126 cm³/mol. The van der Waals surface area contributed by atoms with Gasteiger partial charge in [0.1, 0.15) is 11.5 Å². The number of halogens is 2. The molecule has 0 spiro atoms. The van der Waals surface area contributed by atoms with Crippen LogP contribution in [0.2, 0.25) is 0 Å². The fourth-order valence-electron chi connectivity index (χ4n) is 5.97. The molecule has 36 heavy (non-hydrogen) atoms. The number of nitrogens with one attached hydrogen (secondary N) is 2. The van der Waals surface area contributed by atoms with Gasteiger partial charge in [0.2, 0.25) is 6.04 Å². The van der Waals surface area contributed by atoms with E-state index in [9.17, 15) is 9.18 Å². The first kappa shape index (κ1) is 22.8. The second-order valence-corrected chi connectivity index (χ2v) is 9.88. The van der Waals surface area contributed by atoms with E-state index in [-0.39, 0.29) is 71.3 Å². The van der Waals surface area contributed by atoms with Crippen LogP contribution in [0.5, 0.6) is 0 Å². The quantitative estimate of drug-likeness (QED) is 0.390. The average molecular weight is 494 g/mol. The maximum absolute atomic E-state index is 15.8. The number of hydrogen-bond donors (Lipinski definition) is 2. The van der Waals surface area contributed by atoms with Crippen molar-refractivity contribution < 1.29 is 18.3 Å². The van der Waals surface area contributed by atoms with E-state index in [1.807, 2.05) is 0 Å². The summed E-state index contributed by atoms with van der Waals surface area (Å²) in [5.41, 5.74) is 0.741. The van der Waals surface area contributed by atoms with Crippen molar-refractivity contribution in [2.75, 3.05) is 11.9 Å². The number of hydrogen-bond acceptors (Lipinski definition) is 7. The van der Waals surface area contributed by atoms with Gasteiger partial charge in [-0.05, 0) is 50.5 Å². The van der Waals surface area contributed by atoms with Gasteiger partial charge in [-0.3, -0.25) is 9.89 Å². The first-order valence-electron chi connectivity index (χ1n) is 12.4. The van der Waals surface area contributed by atoms with Crippen LogP contribution in [0.25, 0.3) is 27.4 Å².